The molecule has 3 aromatic rings. The van der Waals surface area contributed by atoms with E-state index < -0.39 is 228 Å². The van der Waals surface area contributed by atoms with Gasteiger partial charge in [0.15, 0.2) is 5.96 Å². The van der Waals surface area contributed by atoms with Crippen LogP contribution in [0, 0.1) is 23.2 Å². The lowest BCUT2D eigenvalue weighted by Crippen LogP contribution is -2.62. The van der Waals surface area contributed by atoms with Gasteiger partial charge in [-0.25, -0.2) is 9.78 Å². The summed E-state index contributed by atoms with van der Waals surface area (Å²) in [5.41, 5.74) is 35.0. The second kappa shape index (κ2) is 54.2. The number of nitrogens with one attached hydrogen (secondary N) is 17. The summed E-state index contributed by atoms with van der Waals surface area (Å²) in [4.78, 5) is 242. The highest BCUT2D eigenvalue weighted by Crippen LogP contribution is 2.16. The Morgan fingerprint density at radius 3 is 1.20 bits per heavy atom. The monoisotopic (exact) mass is 1730 g/mol. The molecule has 16 amide bonds. The number of nitrogens with two attached hydrogens (primary N) is 6. The Bertz CT molecular complexity index is 4010. The van der Waals surface area contributed by atoms with Crippen LogP contribution in [0.1, 0.15) is 163 Å². The molecule has 43 nitrogen and oxygen atoms in total. The summed E-state index contributed by atoms with van der Waals surface area (Å²) in [6.07, 6.45) is 0.512. The predicted octanol–water partition coefficient (Wildman–Crippen LogP) is -5.90. The summed E-state index contributed by atoms with van der Waals surface area (Å²) in [6, 6.07) is -5.42. The summed E-state index contributed by atoms with van der Waals surface area (Å²) in [5.74, 6) is -18.9. The Balaban J connectivity index is 1.95. The van der Waals surface area contributed by atoms with Crippen molar-refractivity contribution in [2.24, 2.45) is 52.2 Å². The minimum absolute atomic E-state index is 0.0157. The van der Waals surface area contributed by atoms with Crippen molar-refractivity contribution in [3.8, 4) is 0 Å². The van der Waals surface area contributed by atoms with Gasteiger partial charge >= 0.3 is 5.97 Å². The van der Waals surface area contributed by atoms with Gasteiger partial charge in [-0.1, -0.05) is 109 Å². The maximum atomic E-state index is 15.0. The second-order valence-corrected chi connectivity index (χ2v) is 31.0. The Kier molecular flexibility index (Phi) is 46.2. The van der Waals surface area contributed by atoms with Gasteiger partial charge < -0.3 is 129 Å². The molecule has 1 aromatic heterocycles. The van der Waals surface area contributed by atoms with Crippen molar-refractivity contribution in [3.05, 3.63) is 90.0 Å². The van der Waals surface area contributed by atoms with Crippen LogP contribution in [0.3, 0.4) is 0 Å². The molecule has 0 fully saturated rings. The Morgan fingerprint density at radius 1 is 0.415 bits per heavy atom. The minimum Gasteiger partial charge on any atom is -0.480 e. The third kappa shape index (κ3) is 38.2. The Labute approximate surface area is 714 Å². The maximum Gasteiger partial charge on any atom is 0.326 e. The fraction of sp³-hybridized carbons (Fsp3) is 0.588. The first-order valence-electron chi connectivity index (χ1n) is 41.0. The normalized spacial score (nSPS) is 15.3. The van der Waals surface area contributed by atoms with Crippen LogP contribution in [-0.2, 0) is 101 Å². The van der Waals surface area contributed by atoms with E-state index in [0.717, 1.165) is 0 Å². The van der Waals surface area contributed by atoms with E-state index in [2.05, 4.69) is 89.7 Å². The molecule has 0 unspecified atom stereocenters. The van der Waals surface area contributed by atoms with E-state index in [1.807, 2.05) is 0 Å². The van der Waals surface area contributed by atoms with Gasteiger partial charge in [0.2, 0.25) is 94.5 Å². The number of hydrogen-bond donors (Lipinski definition) is 25. The zero-order valence-corrected chi connectivity index (χ0v) is 71.4. The molecule has 0 spiro atoms. The van der Waals surface area contributed by atoms with Gasteiger partial charge in [-0.15, -0.1) is 0 Å². The second-order valence-electron chi connectivity index (χ2n) is 31.0. The highest BCUT2D eigenvalue weighted by atomic mass is 16.4. The molecule has 1 heterocycles. The van der Waals surface area contributed by atoms with Crippen molar-refractivity contribution in [2.75, 3.05) is 19.6 Å². The first-order chi connectivity index (χ1) is 58.0. The molecule has 0 saturated heterocycles. The average Bonchev–Trinajstić information content (AvgIpc) is 1.43. The van der Waals surface area contributed by atoms with Crippen molar-refractivity contribution in [3.63, 3.8) is 0 Å². The maximum absolute atomic E-state index is 15.0. The van der Waals surface area contributed by atoms with Gasteiger partial charge in [-0.3, -0.25) is 82.1 Å². The van der Waals surface area contributed by atoms with Crippen molar-refractivity contribution in [1.82, 2.24) is 89.7 Å². The number of primary amides is 2. The van der Waals surface area contributed by atoms with Crippen LogP contribution >= 0.6 is 0 Å². The number of unbranched alkanes of at least 4 members (excludes halogenated alkanes) is 2. The quantitative estimate of drug-likeness (QED) is 0.0142. The number of guanidine groups is 1. The van der Waals surface area contributed by atoms with Gasteiger partial charge in [0.05, 0.1) is 18.9 Å². The number of aliphatic hydroxyl groups excluding tert-OH is 1. The first-order valence-corrected chi connectivity index (χ1v) is 41.0. The zero-order chi connectivity index (χ0) is 92.3. The molecule has 0 aliphatic carbocycles. The summed E-state index contributed by atoms with van der Waals surface area (Å²) >= 11 is 0. The Morgan fingerprint density at radius 2 is 0.772 bits per heavy atom. The fourth-order valence-electron chi connectivity index (χ4n) is 12.3. The number of rotatable bonds is 57. The van der Waals surface area contributed by atoms with E-state index in [9.17, 15) is 91.7 Å². The molecular weight excluding hydrogens is 1600 g/mol. The molecular formula is C80H128N24O19. The highest BCUT2D eigenvalue weighted by molar-refractivity contribution is 6.01. The number of H-pyrrole nitrogens is 1. The van der Waals surface area contributed by atoms with Gasteiger partial charge in [0.25, 0.3) is 0 Å². The van der Waals surface area contributed by atoms with E-state index in [1.54, 1.807) is 102 Å². The number of aromatic nitrogens is 2. The first kappa shape index (κ1) is 105. The molecule has 0 radical (unpaired) electrons. The van der Waals surface area contributed by atoms with Crippen LogP contribution in [0.5, 0.6) is 0 Å². The molecule has 0 aliphatic heterocycles. The van der Waals surface area contributed by atoms with E-state index in [1.165, 1.54) is 40.2 Å². The van der Waals surface area contributed by atoms with Crippen molar-refractivity contribution in [2.45, 2.75) is 262 Å². The molecule has 682 valence electrons. The van der Waals surface area contributed by atoms with Crippen LogP contribution in [-0.4, -0.2) is 243 Å². The fourth-order valence-corrected chi connectivity index (χ4v) is 12.3. The molecule has 2 aromatic carbocycles. The number of carboxylic acid groups (broad SMARTS) is 1. The number of carboxylic acids is 1. The lowest BCUT2D eigenvalue weighted by atomic mass is 9.96. The standard InChI is InChI=1S/C80H128N24O19/c1-11-43(6)64(104-74(117)56(36-49-25-16-13-17-26-49)100-77(120)63(42(4)5)103-66(109)45(8)91-65(108)44(7)92-68(111)53(30-31-59(83)106)96-76(119)62(41(2)3)102-67(110)46(9)93-75(118)61(85)47(10)105)78(121)101-57(37-50-39-88-40-90-50)72(115)99-58(38-60(84)107)73(116)98-55(35-48-23-14-12-15-24-48)71(114)95-51(27-18-20-32-81)69(112)94-52(29-22-34-89-80(86)87)70(113)97-54(79(122)123)28-19-21-33-82/h12-17,23-26,39-47,51-58,61-64,105H,11,18-22,27-38,81-82,85H2,1-10H3,(H2,83,106)(H2,84,107)(H,88,90)(H,91,108)(H,92,111)(H,93,118)(H,94,112)(H,95,114)(H,96,119)(H,97,113)(H,98,116)(H,99,115)(H,100,120)(H,101,121)(H,102,110)(H,103,109)(H,104,117)(H,122,123)(H4,86,87,89)/t43-,44-,45-,46-,47+,51-,52-,53-,54-,55-,56-,57-,58-,61-,62-,63-,64-/m0/s1. The predicted molar refractivity (Wildman–Crippen MR) is 450 cm³/mol. The molecule has 17 atom stereocenters. The van der Waals surface area contributed by atoms with Gasteiger partial charge in [-0.05, 0) is 127 Å². The highest BCUT2D eigenvalue weighted by Gasteiger charge is 2.40. The molecule has 0 bridgehead atoms. The Hall–Kier alpha value is -12.2. The number of nitrogens with zero attached hydrogens (tertiary/aromatic N) is 1. The van der Waals surface area contributed by atoms with Crippen LogP contribution in [0.4, 0.5) is 0 Å². The average molecular weight is 1730 g/mol. The summed E-state index contributed by atoms with van der Waals surface area (Å²) in [7, 11) is 0. The van der Waals surface area contributed by atoms with Gasteiger partial charge in [-0.2, -0.15) is 0 Å². The molecule has 0 saturated carbocycles. The third-order valence-corrected chi connectivity index (χ3v) is 19.9. The van der Waals surface area contributed by atoms with E-state index in [4.69, 9.17) is 39.8 Å². The number of carbonyl (C=O) groups excluding carboxylic acids is 16. The number of aliphatic carboxylic acids is 1. The number of hydrogen-bond acceptors (Lipinski definition) is 23. The van der Waals surface area contributed by atoms with Crippen LogP contribution in [0.2, 0.25) is 0 Å². The number of aliphatic hydroxyl groups is 1. The molecule has 123 heavy (non-hydrogen) atoms. The van der Waals surface area contributed by atoms with Crippen LogP contribution in [0.15, 0.2) is 73.2 Å². The van der Waals surface area contributed by atoms with E-state index >= 15 is 0 Å². The SMILES string of the molecule is CC[C@H](C)[C@H](NC(=O)[C@H](Cc1ccccc1)NC(=O)[C@@H](NC(=O)[C@H](C)NC(=O)[C@H](C)NC(=O)[C@H](CCC(N)=O)NC(=O)[C@@H](NC(=O)[C@H](C)NC(=O)[C@@H](N)[C@@H](C)O)C(C)C)C(C)C)C(=O)N[C@@H](Cc1cnc[nH]1)C(=O)N[C@@H](CC(N)=O)C(=O)N[C@@H](Cc1ccccc1)C(=O)N[C@@H](CCCCN)C(=O)N[C@@H](CCCNC(=N)N)C(=O)N[C@@H](CCCCN)C(=O)O. The van der Waals surface area contributed by atoms with E-state index in [0.29, 0.717) is 30.4 Å². The largest absolute Gasteiger partial charge is 0.480 e. The third-order valence-electron chi connectivity index (χ3n) is 19.9. The number of carbonyl (C=O) groups is 17. The van der Waals surface area contributed by atoms with Crippen molar-refractivity contribution in [1.29, 1.82) is 5.41 Å². The smallest absolute Gasteiger partial charge is 0.326 e. The van der Waals surface area contributed by atoms with Crippen molar-refractivity contribution < 1.29 is 91.7 Å². The topological polar surface area (TPSA) is 720 Å². The van der Waals surface area contributed by atoms with Crippen LogP contribution < -0.4 is 114 Å². The summed E-state index contributed by atoms with van der Waals surface area (Å²) < 4.78 is 0. The van der Waals surface area contributed by atoms with E-state index in [-0.39, 0.29) is 95.5 Å². The number of benzene rings is 2. The van der Waals surface area contributed by atoms with Crippen LogP contribution in [0.25, 0.3) is 0 Å². The number of aromatic amines is 1. The zero-order valence-electron chi connectivity index (χ0n) is 71.4. The minimum atomic E-state index is -1.88. The van der Waals surface area contributed by atoms with Gasteiger partial charge in [0.1, 0.15) is 90.6 Å². The molecule has 0 aliphatic rings. The van der Waals surface area contributed by atoms with Gasteiger partial charge in [0, 0.05) is 44.1 Å². The lowest BCUT2D eigenvalue weighted by Gasteiger charge is -2.30. The molecule has 31 N–H and O–H groups in total. The molecule has 43 heteroatoms. The molecule has 3 rings (SSSR count). The number of amides is 16. The van der Waals surface area contributed by atoms with Crippen molar-refractivity contribution >= 4 is 106 Å². The summed E-state index contributed by atoms with van der Waals surface area (Å²) in [5, 5.41) is 65.6. The number of imidazole rings is 1. The summed E-state index contributed by atoms with van der Waals surface area (Å²) in [6.45, 7) is 15.3. The lowest BCUT2D eigenvalue weighted by molar-refractivity contribution is -0.142.